The second kappa shape index (κ2) is 12.1. The highest BCUT2D eigenvalue weighted by atomic mass is 32.2. The number of hydrogen-bond acceptors (Lipinski definition) is 5. The largest absolute Gasteiger partial charge is 0.508 e. The fraction of sp³-hybridized carbons (Fsp3) is 0.452. The van der Waals surface area contributed by atoms with Crippen molar-refractivity contribution >= 4 is 10.0 Å². The summed E-state index contributed by atoms with van der Waals surface area (Å²) >= 11 is 0. The Morgan fingerprint density at radius 1 is 1.00 bits per heavy atom. The SMILES string of the molecule is Cc1ccc(S(=O)(=O)NCC2CCC(CNC3CCc4cc(O)ccc4C3Cc3cccnc3)CC2)c(F)c1. The first kappa shape index (κ1) is 27.7. The Labute approximate surface area is 231 Å². The molecule has 0 amide bonds. The molecule has 2 atom stereocenters. The zero-order chi connectivity index (χ0) is 27.4. The zero-order valence-corrected chi connectivity index (χ0v) is 23.3. The predicted molar refractivity (Wildman–Crippen MR) is 151 cm³/mol. The summed E-state index contributed by atoms with van der Waals surface area (Å²) in [7, 11) is -3.86. The van der Waals surface area contributed by atoms with Crippen molar-refractivity contribution in [2.24, 2.45) is 11.8 Å². The number of hydrogen-bond donors (Lipinski definition) is 3. The van der Waals surface area contributed by atoms with Crippen molar-refractivity contribution < 1.29 is 17.9 Å². The lowest BCUT2D eigenvalue weighted by Crippen LogP contribution is -2.42. The number of aromatic hydroxyl groups is 1. The van der Waals surface area contributed by atoms with Gasteiger partial charge in [0.05, 0.1) is 0 Å². The number of nitrogens with one attached hydrogen (secondary N) is 2. The van der Waals surface area contributed by atoms with Crippen LogP contribution in [-0.2, 0) is 22.9 Å². The molecule has 5 rings (SSSR count). The third-order valence-electron chi connectivity index (χ3n) is 8.49. The number of nitrogens with zero attached hydrogens (tertiary/aromatic N) is 1. The number of fused-ring (bicyclic) bond motifs is 1. The van der Waals surface area contributed by atoms with Gasteiger partial charge in [-0.15, -0.1) is 0 Å². The van der Waals surface area contributed by atoms with Gasteiger partial charge in [0.2, 0.25) is 10.0 Å². The lowest BCUT2D eigenvalue weighted by Gasteiger charge is -2.36. The fourth-order valence-corrected chi connectivity index (χ4v) is 7.43. The van der Waals surface area contributed by atoms with Crippen LogP contribution in [0.1, 0.15) is 60.3 Å². The summed E-state index contributed by atoms with van der Waals surface area (Å²) in [6.45, 7) is 3.02. The summed E-state index contributed by atoms with van der Waals surface area (Å²) < 4.78 is 42.1. The second-order valence-electron chi connectivity index (χ2n) is 11.3. The number of rotatable bonds is 9. The minimum atomic E-state index is -3.86. The number of halogens is 1. The molecule has 1 aromatic heterocycles. The Hall–Kier alpha value is -2.81. The van der Waals surface area contributed by atoms with Gasteiger partial charge in [-0.2, -0.15) is 0 Å². The molecule has 0 radical (unpaired) electrons. The van der Waals surface area contributed by atoms with Gasteiger partial charge in [-0.1, -0.05) is 18.2 Å². The molecule has 0 spiro atoms. The monoisotopic (exact) mass is 551 g/mol. The van der Waals surface area contributed by atoms with Crippen molar-refractivity contribution in [3.8, 4) is 5.75 Å². The van der Waals surface area contributed by atoms with Gasteiger partial charge in [0, 0.05) is 30.9 Å². The van der Waals surface area contributed by atoms with E-state index < -0.39 is 15.8 Å². The topological polar surface area (TPSA) is 91.3 Å². The van der Waals surface area contributed by atoms with Gasteiger partial charge in [0.15, 0.2) is 0 Å². The van der Waals surface area contributed by atoms with Crippen molar-refractivity contribution in [3.05, 3.63) is 89.0 Å². The molecule has 3 N–H and O–H groups in total. The molecule has 2 aliphatic carbocycles. The van der Waals surface area contributed by atoms with Crippen LogP contribution in [-0.4, -0.2) is 37.6 Å². The fourth-order valence-electron chi connectivity index (χ4n) is 6.26. The molecule has 6 nitrogen and oxygen atoms in total. The van der Waals surface area contributed by atoms with Crippen LogP contribution in [0, 0.1) is 24.6 Å². The summed E-state index contributed by atoms with van der Waals surface area (Å²) in [4.78, 5) is 4.02. The summed E-state index contributed by atoms with van der Waals surface area (Å²) in [5, 5.41) is 13.9. The zero-order valence-electron chi connectivity index (χ0n) is 22.4. The predicted octanol–water partition coefficient (Wildman–Crippen LogP) is 5.25. The Balaban J connectivity index is 1.14. The first-order chi connectivity index (χ1) is 18.8. The second-order valence-corrected chi connectivity index (χ2v) is 13.0. The van der Waals surface area contributed by atoms with Crippen LogP contribution in [0.25, 0.3) is 0 Å². The number of benzene rings is 2. The molecule has 2 aromatic carbocycles. The van der Waals surface area contributed by atoms with Crippen molar-refractivity contribution in [2.45, 2.75) is 68.7 Å². The molecule has 1 heterocycles. The molecular formula is C31H38FN3O3S. The molecule has 0 aliphatic heterocycles. The molecule has 2 aliphatic rings. The first-order valence-corrected chi connectivity index (χ1v) is 15.5. The Kier molecular flexibility index (Phi) is 8.64. The molecule has 2 unspecified atom stereocenters. The molecule has 0 saturated heterocycles. The van der Waals surface area contributed by atoms with E-state index in [0.29, 0.717) is 35.7 Å². The van der Waals surface area contributed by atoms with Crippen molar-refractivity contribution in [1.29, 1.82) is 0 Å². The lowest BCUT2D eigenvalue weighted by molar-refractivity contribution is 0.252. The summed E-state index contributed by atoms with van der Waals surface area (Å²) in [6, 6.07) is 14.4. The molecule has 208 valence electrons. The minimum absolute atomic E-state index is 0.261. The highest BCUT2D eigenvalue weighted by Gasteiger charge is 2.31. The van der Waals surface area contributed by atoms with E-state index in [-0.39, 0.29) is 10.8 Å². The van der Waals surface area contributed by atoms with E-state index in [1.54, 1.807) is 25.3 Å². The van der Waals surface area contributed by atoms with Crippen molar-refractivity contribution in [1.82, 2.24) is 15.0 Å². The van der Waals surface area contributed by atoms with Crippen LogP contribution >= 0.6 is 0 Å². The maximum atomic E-state index is 14.2. The number of sulfonamides is 1. The van der Waals surface area contributed by atoms with Gasteiger partial charge in [0.1, 0.15) is 16.5 Å². The number of phenolic OH excluding ortho intramolecular Hbond substituents is 1. The van der Waals surface area contributed by atoms with Gasteiger partial charge in [-0.25, -0.2) is 17.5 Å². The van der Waals surface area contributed by atoms with Crippen LogP contribution in [0.3, 0.4) is 0 Å². The van der Waals surface area contributed by atoms with Gasteiger partial charge in [0.25, 0.3) is 0 Å². The van der Waals surface area contributed by atoms with Gasteiger partial charge in [-0.3, -0.25) is 4.98 Å². The number of pyridine rings is 1. The normalized spacial score (nSPS) is 23.3. The molecule has 3 aromatic rings. The van der Waals surface area contributed by atoms with Crippen LogP contribution in [0.2, 0.25) is 0 Å². The van der Waals surface area contributed by atoms with Gasteiger partial charge in [-0.05, 0) is 123 Å². The average Bonchev–Trinajstić information content (AvgIpc) is 2.92. The highest BCUT2D eigenvalue weighted by Crippen LogP contribution is 2.37. The van der Waals surface area contributed by atoms with Crippen LogP contribution in [0.5, 0.6) is 5.75 Å². The third-order valence-corrected chi connectivity index (χ3v) is 9.95. The Morgan fingerprint density at radius 3 is 2.49 bits per heavy atom. The van der Waals surface area contributed by atoms with Crippen molar-refractivity contribution in [3.63, 3.8) is 0 Å². The summed E-state index contributed by atoms with van der Waals surface area (Å²) in [5.74, 6) is 0.737. The van der Waals surface area contributed by atoms with Crippen molar-refractivity contribution in [2.75, 3.05) is 13.1 Å². The van der Waals surface area contributed by atoms with Gasteiger partial charge >= 0.3 is 0 Å². The van der Waals surface area contributed by atoms with E-state index >= 15 is 0 Å². The Bertz CT molecular complexity index is 1380. The molecule has 8 heteroatoms. The smallest absolute Gasteiger partial charge is 0.243 e. The third kappa shape index (κ3) is 6.86. The number of aromatic nitrogens is 1. The molecule has 1 saturated carbocycles. The van der Waals surface area contributed by atoms with E-state index in [1.807, 2.05) is 18.3 Å². The van der Waals surface area contributed by atoms with Crippen LogP contribution in [0.15, 0.2) is 65.8 Å². The maximum Gasteiger partial charge on any atom is 0.243 e. The summed E-state index contributed by atoms with van der Waals surface area (Å²) in [5.41, 5.74) is 4.44. The number of aryl methyl sites for hydroxylation is 2. The Morgan fingerprint density at radius 2 is 1.77 bits per heavy atom. The highest BCUT2D eigenvalue weighted by molar-refractivity contribution is 7.89. The average molecular weight is 552 g/mol. The molecule has 39 heavy (non-hydrogen) atoms. The lowest BCUT2D eigenvalue weighted by atomic mass is 9.75. The standard InChI is InChI=1S/C31H38FN3O3S/c1-21-4-13-31(29(32)15-21)39(37,38)35-20-23-7-5-22(6-8-23)19-34-30-12-9-25-17-26(36)10-11-27(25)28(30)16-24-3-2-14-33-18-24/h2-4,10-11,13-15,17-18,22-23,28,30,34-36H,5-9,12,16,19-20H2,1H3. The quantitative estimate of drug-likeness (QED) is 0.338. The van der Waals surface area contributed by atoms with E-state index in [2.05, 4.69) is 27.2 Å². The van der Waals surface area contributed by atoms with E-state index in [1.165, 1.54) is 28.8 Å². The van der Waals surface area contributed by atoms with Crippen LogP contribution < -0.4 is 10.0 Å². The van der Waals surface area contributed by atoms with E-state index in [0.717, 1.165) is 51.5 Å². The molecule has 1 fully saturated rings. The minimum Gasteiger partial charge on any atom is -0.508 e. The van der Waals surface area contributed by atoms with Crippen LogP contribution in [0.4, 0.5) is 4.39 Å². The summed E-state index contributed by atoms with van der Waals surface area (Å²) in [6.07, 6.45) is 10.6. The molecular weight excluding hydrogens is 513 g/mol. The van der Waals surface area contributed by atoms with E-state index in [4.69, 9.17) is 0 Å². The molecule has 0 bridgehead atoms. The number of phenols is 1. The van der Waals surface area contributed by atoms with E-state index in [9.17, 15) is 17.9 Å². The first-order valence-electron chi connectivity index (χ1n) is 14.0. The maximum absolute atomic E-state index is 14.2. The van der Waals surface area contributed by atoms with Gasteiger partial charge < -0.3 is 10.4 Å².